The maximum atomic E-state index is 12.2. The lowest BCUT2D eigenvalue weighted by molar-refractivity contribution is -0.117. The van der Waals surface area contributed by atoms with Crippen LogP contribution in [0.25, 0.3) is 11.3 Å². The number of hydrogen-bond acceptors (Lipinski definition) is 7. The molecular formula is C17H15N5O2S2. The van der Waals surface area contributed by atoms with Crippen LogP contribution in [0.1, 0.15) is 18.5 Å². The fourth-order valence-electron chi connectivity index (χ4n) is 2.30. The first-order valence-corrected chi connectivity index (χ1v) is 9.84. The highest BCUT2D eigenvalue weighted by Crippen LogP contribution is 2.30. The van der Waals surface area contributed by atoms with Crippen molar-refractivity contribution in [1.82, 2.24) is 15.0 Å². The molecule has 0 atom stereocenters. The molecular weight excluding hydrogens is 370 g/mol. The summed E-state index contributed by atoms with van der Waals surface area (Å²) in [4.78, 5) is 36.7. The van der Waals surface area contributed by atoms with Crippen LogP contribution >= 0.6 is 22.7 Å². The van der Waals surface area contributed by atoms with E-state index >= 15 is 0 Å². The highest BCUT2D eigenvalue weighted by molar-refractivity contribution is 7.14. The SMILES string of the molecule is O=C(Cc1csc(NC(=O)C2CC2)n1)Nc1nc(-c2cccnc2)cs1. The molecule has 1 fully saturated rings. The van der Waals surface area contributed by atoms with Crippen LogP contribution < -0.4 is 10.6 Å². The van der Waals surface area contributed by atoms with Crippen molar-refractivity contribution in [3.63, 3.8) is 0 Å². The van der Waals surface area contributed by atoms with E-state index in [0.29, 0.717) is 16.0 Å². The van der Waals surface area contributed by atoms with Crippen molar-refractivity contribution in [3.05, 3.63) is 41.0 Å². The lowest BCUT2D eigenvalue weighted by atomic mass is 10.2. The normalized spacial score (nSPS) is 13.4. The zero-order valence-electron chi connectivity index (χ0n) is 13.6. The molecule has 0 radical (unpaired) electrons. The van der Waals surface area contributed by atoms with Crippen molar-refractivity contribution >= 4 is 44.8 Å². The molecule has 3 aromatic rings. The average molecular weight is 385 g/mol. The van der Waals surface area contributed by atoms with Crippen molar-refractivity contribution in [2.45, 2.75) is 19.3 Å². The Kier molecular flexibility index (Phi) is 4.72. The molecule has 0 unspecified atom stereocenters. The summed E-state index contributed by atoms with van der Waals surface area (Å²) >= 11 is 2.69. The zero-order chi connectivity index (χ0) is 17.9. The minimum absolute atomic E-state index is 0.0149. The van der Waals surface area contributed by atoms with E-state index in [4.69, 9.17) is 0 Å². The van der Waals surface area contributed by atoms with Gasteiger partial charge in [-0.1, -0.05) is 0 Å². The first-order valence-electron chi connectivity index (χ1n) is 8.08. The van der Waals surface area contributed by atoms with E-state index in [1.54, 1.807) is 17.8 Å². The Bertz CT molecular complexity index is 934. The standard InChI is InChI=1S/C17H15N5O2S2/c23-14(6-12-8-25-16(19-12)22-15(24)10-3-4-10)21-17-20-13(9-26-17)11-2-1-5-18-7-11/h1-2,5,7-10H,3-4,6H2,(H,19,22,24)(H,20,21,23). The second kappa shape index (κ2) is 7.30. The maximum absolute atomic E-state index is 12.2. The third kappa shape index (κ3) is 4.12. The van der Waals surface area contributed by atoms with E-state index < -0.39 is 0 Å². The van der Waals surface area contributed by atoms with Crippen LogP contribution in [0.4, 0.5) is 10.3 Å². The topological polar surface area (TPSA) is 96.9 Å². The molecule has 0 bridgehead atoms. The number of thiazole rings is 2. The number of amides is 2. The highest BCUT2D eigenvalue weighted by Gasteiger charge is 2.30. The van der Waals surface area contributed by atoms with Gasteiger partial charge in [-0.2, -0.15) is 0 Å². The molecule has 0 spiro atoms. The summed E-state index contributed by atoms with van der Waals surface area (Å²) < 4.78 is 0. The third-order valence-corrected chi connectivity index (χ3v) is 5.34. The van der Waals surface area contributed by atoms with E-state index in [2.05, 4.69) is 25.6 Å². The predicted molar refractivity (Wildman–Crippen MR) is 101 cm³/mol. The number of nitrogens with one attached hydrogen (secondary N) is 2. The van der Waals surface area contributed by atoms with Crippen molar-refractivity contribution in [1.29, 1.82) is 0 Å². The zero-order valence-corrected chi connectivity index (χ0v) is 15.3. The predicted octanol–water partition coefficient (Wildman–Crippen LogP) is 3.19. The van der Waals surface area contributed by atoms with Crippen LogP contribution in [0.5, 0.6) is 0 Å². The Labute approximate surface area is 157 Å². The molecule has 0 saturated heterocycles. The number of hydrogen-bond donors (Lipinski definition) is 2. The van der Waals surface area contributed by atoms with E-state index in [1.807, 2.05) is 17.5 Å². The monoisotopic (exact) mass is 385 g/mol. The molecule has 3 heterocycles. The Morgan fingerprint density at radius 1 is 1.12 bits per heavy atom. The molecule has 7 nitrogen and oxygen atoms in total. The molecule has 0 aliphatic heterocycles. The van der Waals surface area contributed by atoms with Crippen LogP contribution in [0.3, 0.4) is 0 Å². The van der Waals surface area contributed by atoms with Crippen LogP contribution in [0, 0.1) is 5.92 Å². The van der Waals surface area contributed by atoms with Gasteiger partial charge in [0.1, 0.15) is 0 Å². The molecule has 0 aromatic carbocycles. The largest absolute Gasteiger partial charge is 0.302 e. The van der Waals surface area contributed by atoms with Gasteiger partial charge in [0.15, 0.2) is 10.3 Å². The molecule has 2 amide bonds. The molecule has 1 aliphatic carbocycles. The molecule has 2 N–H and O–H groups in total. The Morgan fingerprint density at radius 2 is 1.92 bits per heavy atom. The van der Waals surface area contributed by atoms with Gasteiger partial charge in [-0.25, -0.2) is 9.97 Å². The molecule has 1 saturated carbocycles. The van der Waals surface area contributed by atoms with Crippen LogP contribution in [-0.4, -0.2) is 26.8 Å². The third-order valence-electron chi connectivity index (χ3n) is 3.78. The molecule has 4 rings (SSSR count). The van der Waals surface area contributed by atoms with Gasteiger partial charge in [-0.3, -0.25) is 14.6 Å². The van der Waals surface area contributed by atoms with Gasteiger partial charge in [-0.15, -0.1) is 22.7 Å². The second-order valence-corrected chi connectivity index (χ2v) is 7.63. The highest BCUT2D eigenvalue weighted by atomic mass is 32.1. The summed E-state index contributed by atoms with van der Waals surface area (Å²) in [5, 5.41) is 10.3. The molecule has 26 heavy (non-hydrogen) atoms. The maximum Gasteiger partial charge on any atom is 0.232 e. The fraction of sp³-hybridized carbons (Fsp3) is 0.235. The van der Waals surface area contributed by atoms with Crippen molar-refractivity contribution in [2.24, 2.45) is 5.92 Å². The lowest BCUT2D eigenvalue weighted by Crippen LogP contribution is -2.15. The van der Waals surface area contributed by atoms with Crippen molar-refractivity contribution < 1.29 is 9.59 Å². The number of pyridine rings is 1. The van der Waals surface area contributed by atoms with E-state index in [0.717, 1.165) is 24.1 Å². The summed E-state index contributed by atoms with van der Waals surface area (Å²) in [5.74, 6) is -0.0481. The summed E-state index contributed by atoms with van der Waals surface area (Å²) in [6, 6.07) is 3.76. The number of carbonyl (C=O) groups is 2. The quantitative estimate of drug-likeness (QED) is 0.679. The summed E-state index contributed by atoms with van der Waals surface area (Å²) in [7, 11) is 0. The molecule has 3 aromatic heterocycles. The van der Waals surface area contributed by atoms with E-state index in [1.165, 1.54) is 22.7 Å². The van der Waals surface area contributed by atoms with Gasteiger partial charge in [0.05, 0.1) is 17.8 Å². The Morgan fingerprint density at radius 3 is 2.69 bits per heavy atom. The van der Waals surface area contributed by atoms with Crippen LogP contribution in [-0.2, 0) is 16.0 Å². The number of rotatable bonds is 6. The molecule has 132 valence electrons. The van der Waals surface area contributed by atoms with Gasteiger partial charge in [0, 0.05) is 34.6 Å². The summed E-state index contributed by atoms with van der Waals surface area (Å²) in [6.45, 7) is 0. The number of nitrogens with zero attached hydrogens (tertiary/aromatic N) is 3. The first kappa shape index (κ1) is 16.8. The summed E-state index contributed by atoms with van der Waals surface area (Å²) in [5.41, 5.74) is 2.31. The van der Waals surface area contributed by atoms with Gasteiger partial charge in [0.25, 0.3) is 0 Å². The minimum Gasteiger partial charge on any atom is -0.302 e. The van der Waals surface area contributed by atoms with Crippen LogP contribution in [0.15, 0.2) is 35.3 Å². The molecule has 9 heteroatoms. The lowest BCUT2D eigenvalue weighted by Gasteiger charge is -2.00. The number of aromatic nitrogens is 3. The Balaban J connectivity index is 1.33. The Hall–Kier alpha value is -2.65. The smallest absolute Gasteiger partial charge is 0.232 e. The van der Waals surface area contributed by atoms with E-state index in [-0.39, 0.29) is 24.2 Å². The van der Waals surface area contributed by atoms with Gasteiger partial charge in [0.2, 0.25) is 11.8 Å². The number of carbonyl (C=O) groups excluding carboxylic acids is 2. The molecule has 1 aliphatic rings. The van der Waals surface area contributed by atoms with E-state index in [9.17, 15) is 9.59 Å². The van der Waals surface area contributed by atoms with Crippen molar-refractivity contribution in [2.75, 3.05) is 10.6 Å². The van der Waals surface area contributed by atoms with Gasteiger partial charge < -0.3 is 10.6 Å². The van der Waals surface area contributed by atoms with Crippen molar-refractivity contribution in [3.8, 4) is 11.3 Å². The van der Waals surface area contributed by atoms with Crippen LogP contribution in [0.2, 0.25) is 0 Å². The van der Waals surface area contributed by atoms with Gasteiger partial charge >= 0.3 is 0 Å². The van der Waals surface area contributed by atoms with Gasteiger partial charge in [-0.05, 0) is 25.0 Å². The minimum atomic E-state index is -0.192. The first-order chi connectivity index (χ1) is 12.7. The average Bonchev–Trinajstić information content (AvgIpc) is 3.26. The fourth-order valence-corrected chi connectivity index (χ4v) is 3.75. The second-order valence-electron chi connectivity index (χ2n) is 5.91. The summed E-state index contributed by atoms with van der Waals surface area (Å²) in [6.07, 6.45) is 5.46. The number of anilines is 2.